The first-order chi connectivity index (χ1) is 7.84. The minimum Gasteiger partial charge on any atom is -0.459 e. The zero-order valence-electron chi connectivity index (χ0n) is 11.3. The Bertz CT molecular complexity index is 260. The van der Waals surface area contributed by atoms with Crippen molar-refractivity contribution in [3.63, 3.8) is 0 Å². The first-order valence-electron chi connectivity index (χ1n) is 6.53. The van der Waals surface area contributed by atoms with Crippen LogP contribution in [0.4, 0.5) is 0 Å². The van der Waals surface area contributed by atoms with Gasteiger partial charge >= 0.3 is 5.97 Å². The summed E-state index contributed by atoms with van der Waals surface area (Å²) < 4.78 is 5.70. The van der Waals surface area contributed by atoms with Crippen LogP contribution in [0, 0.1) is 11.8 Å². The number of ether oxygens (including phenoxy) is 1. The SMILES string of the molecule is CC(C)C(Br)C(=O)OC(C)(C)C1CC[NH2+]CC1. The highest BCUT2D eigenvalue weighted by molar-refractivity contribution is 9.10. The zero-order chi connectivity index (χ0) is 13.1. The molecule has 17 heavy (non-hydrogen) atoms. The van der Waals surface area contributed by atoms with Gasteiger partial charge in [-0.3, -0.25) is 4.79 Å². The van der Waals surface area contributed by atoms with E-state index in [2.05, 4.69) is 21.2 Å². The molecule has 100 valence electrons. The van der Waals surface area contributed by atoms with E-state index < -0.39 is 0 Å². The maximum Gasteiger partial charge on any atom is 0.320 e. The molecule has 1 aliphatic rings. The monoisotopic (exact) mass is 306 g/mol. The van der Waals surface area contributed by atoms with Gasteiger partial charge in [0, 0.05) is 18.8 Å². The quantitative estimate of drug-likeness (QED) is 0.634. The summed E-state index contributed by atoms with van der Waals surface area (Å²) in [5.74, 6) is 0.626. The van der Waals surface area contributed by atoms with Gasteiger partial charge in [0.1, 0.15) is 10.4 Å². The Morgan fingerprint density at radius 3 is 2.35 bits per heavy atom. The van der Waals surface area contributed by atoms with Crippen molar-refractivity contribution in [2.75, 3.05) is 13.1 Å². The summed E-state index contributed by atoms with van der Waals surface area (Å²) in [5, 5.41) is 2.33. The molecule has 0 saturated carbocycles. The number of quaternary nitrogens is 1. The van der Waals surface area contributed by atoms with Gasteiger partial charge in [-0.25, -0.2) is 0 Å². The molecule has 1 saturated heterocycles. The first-order valence-corrected chi connectivity index (χ1v) is 7.44. The van der Waals surface area contributed by atoms with E-state index in [0.29, 0.717) is 5.92 Å². The molecule has 2 N–H and O–H groups in total. The second kappa shape index (κ2) is 6.19. The summed E-state index contributed by atoms with van der Waals surface area (Å²) in [6.07, 6.45) is 2.27. The van der Waals surface area contributed by atoms with Gasteiger partial charge in [-0.15, -0.1) is 0 Å². The third-order valence-corrected chi connectivity index (χ3v) is 5.03. The molecule has 0 spiro atoms. The van der Waals surface area contributed by atoms with E-state index in [4.69, 9.17) is 4.74 Å². The van der Waals surface area contributed by atoms with Crippen LogP contribution in [0.2, 0.25) is 0 Å². The fraction of sp³-hybridized carbons (Fsp3) is 0.923. The Morgan fingerprint density at radius 1 is 1.35 bits per heavy atom. The summed E-state index contributed by atoms with van der Waals surface area (Å²) in [5.41, 5.74) is -0.341. The number of nitrogens with two attached hydrogens (primary N) is 1. The summed E-state index contributed by atoms with van der Waals surface area (Å²) in [7, 11) is 0. The predicted octanol–water partition coefficient (Wildman–Crippen LogP) is 1.70. The highest BCUT2D eigenvalue weighted by atomic mass is 79.9. The van der Waals surface area contributed by atoms with Crippen LogP contribution in [0.25, 0.3) is 0 Å². The van der Waals surface area contributed by atoms with Gasteiger partial charge in [-0.1, -0.05) is 29.8 Å². The van der Waals surface area contributed by atoms with E-state index in [1.807, 2.05) is 27.7 Å². The van der Waals surface area contributed by atoms with E-state index >= 15 is 0 Å². The lowest BCUT2D eigenvalue weighted by molar-refractivity contribution is -0.665. The summed E-state index contributed by atoms with van der Waals surface area (Å²) >= 11 is 3.40. The molecule has 0 aromatic rings. The smallest absolute Gasteiger partial charge is 0.320 e. The minimum absolute atomic E-state index is 0.125. The van der Waals surface area contributed by atoms with E-state index in [1.165, 1.54) is 0 Å². The molecular weight excluding hydrogens is 282 g/mol. The van der Waals surface area contributed by atoms with Gasteiger partial charge < -0.3 is 10.1 Å². The molecule has 0 aliphatic carbocycles. The van der Waals surface area contributed by atoms with Crippen LogP contribution in [0.5, 0.6) is 0 Å². The van der Waals surface area contributed by atoms with Gasteiger partial charge in [0.2, 0.25) is 0 Å². The Kier molecular flexibility index (Phi) is 5.45. The van der Waals surface area contributed by atoms with E-state index in [-0.39, 0.29) is 22.3 Å². The highest BCUT2D eigenvalue weighted by Crippen LogP contribution is 2.29. The second-order valence-corrected chi connectivity index (χ2v) is 6.80. The van der Waals surface area contributed by atoms with Crippen LogP contribution in [0.3, 0.4) is 0 Å². The standard InChI is InChI=1S/C13H24BrNO2/c1-9(2)11(14)12(16)17-13(3,4)10-5-7-15-8-6-10/h9-11,15H,5-8H2,1-4H3/p+1. The van der Waals surface area contributed by atoms with Crippen molar-refractivity contribution in [2.45, 2.75) is 51.0 Å². The summed E-state index contributed by atoms with van der Waals surface area (Å²) in [6.45, 7) is 10.4. The number of esters is 1. The van der Waals surface area contributed by atoms with Gasteiger partial charge in [0.25, 0.3) is 0 Å². The van der Waals surface area contributed by atoms with E-state index in [1.54, 1.807) is 0 Å². The van der Waals surface area contributed by atoms with E-state index in [9.17, 15) is 4.79 Å². The first kappa shape index (κ1) is 15.0. The zero-order valence-corrected chi connectivity index (χ0v) is 12.9. The average molecular weight is 307 g/mol. The van der Waals surface area contributed by atoms with Crippen LogP contribution in [0.15, 0.2) is 0 Å². The molecular formula is C13H25BrNO2+. The second-order valence-electron chi connectivity index (χ2n) is 5.81. The third-order valence-electron chi connectivity index (χ3n) is 3.60. The van der Waals surface area contributed by atoms with Crippen LogP contribution >= 0.6 is 15.9 Å². The molecule has 0 aromatic heterocycles. The average Bonchev–Trinajstić information content (AvgIpc) is 2.28. The van der Waals surface area contributed by atoms with Crippen LogP contribution < -0.4 is 5.32 Å². The summed E-state index contributed by atoms with van der Waals surface area (Å²) in [4.78, 5) is 11.8. The fourth-order valence-corrected chi connectivity index (χ4v) is 2.39. The molecule has 0 bridgehead atoms. The molecule has 1 atom stereocenters. The number of hydrogen-bond acceptors (Lipinski definition) is 2. The Morgan fingerprint density at radius 2 is 1.88 bits per heavy atom. The van der Waals surface area contributed by atoms with Crippen LogP contribution in [-0.4, -0.2) is 29.5 Å². The van der Waals surface area contributed by atoms with Gasteiger partial charge in [0.05, 0.1) is 13.1 Å². The third kappa shape index (κ3) is 4.25. The molecule has 1 rings (SSSR count). The molecule has 1 unspecified atom stereocenters. The van der Waals surface area contributed by atoms with Crippen molar-refractivity contribution in [3.05, 3.63) is 0 Å². The predicted molar refractivity (Wildman–Crippen MR) is 72.1 cm³/mol. The molecule has 4 heteroatoms. The van der Waals surface area contributed by atoms with Crippen molar-refractivity contribution in [1.29, 1.82) is 0 Å². The number of carbonyl (C=O) groups excluding carboxylic acids is 1. The van der Waals surface area contributed by atoms with Crippen molar-refractivity contribution >= 4 is 21.9 Å². The molecule has 0 amide bonds. The maximum atomic E-state index is 12.0. The van der Waals surface area contributed by atoms with Gasteiger partial charge in [-0.05, 0) is 19.8 Å². The number of piperidine rings is 1. The Labute approximate surface area is 113 Å². The minimum atomic E-state index is -0.341. The topological polar surface area (TPSA) is 42.9 Å². The Balaban J connectivity index is 2.55. The number of carbonyl (C=O) groups is 1. The van der Waals surface area contributed by atoms with Crippen molar-refractivity contribution in [1.82, 2.24) is 0 Å². The van der Waals surface area contributed by atoms with Crippen molar-refractivity contribution in [3.8, 4) is 0 Å². The summed E-state index contributed by atoms with van der Waals surface area (Å²) in [6, 6.07) is 0. The number of alkyl halides is 1. The number of rotatable bonds is 4. The molecule has 1 fully saturated rings. The lowest BCUT2D eigenvalue weighted by Crippen LogP contribution is -2.86. The van der Waals surface area contributed by atoms with Gasteiger partial charge in [-0.2, -0.15) is 0 Å². The maximum absolute atomic E-state index is 12.0. The van der Waals surface area contributed by atoms with Crippen molar-refractivity contribution < 1.29 is 14.8 Å². The lowest BCUT2D eigenvalue weighted by Gasteiger charge is -2.36. The van der Waals surface area contributed by atoms with E-state index in [0.717, 1.165) is 25.9 Å². The van der Waals surface area contributed by atoms with Crippen LogP contribution in [-0.2, 0) is 9.53 Å². The fourth-order valence-electron chi connectivity index (χ4n) is 2.29. The normalized spacial score (nSPS) is 20.4. The molecule has 1 aliphatic heterocycles. The number of hydrogen-bond donors (Lipinski definition) is 1. The van der Waals surface area contributed by atoms with Gasteiger partial charge in [0.15, 0.2) is 0 Å². The molecule has 3 nitrogen and oxygen atoms in total. The Hall–Kier alpha value is -0.0900. The van der Waals surface area contributed by atoms with Crippen LogP contribution in [0.1, 0.15) is 40.5 Å². The molecule has 0 aromatic carbocycles. The van der Waals surface area contributed by atoms with Crippen molar-refractivity contribution in [2.24, 2.45) is 11.8 Å². The molecule has 0 radical (unpaired) electrons. The lowest BCUT2D eigenvalue weighted by atomic mass is 9.83. The largest absolute Gasteiger partial charge is 0.459 e. The highest BCUT2D eigenvalue weighted by Gasteiger charge is 2.36. The molecule has 1 heterocycles. The number of halogens is 1.